The molecule has 0 saturated carbocycles. The Kier molecular flexibility index (Phi) is 6.06. The van der Waals surface area contributed by atoms with E-state index in [-0.39, 0.29) is 5.56 Å². The van der Waals surface area contributed by atoms with Gasteiger partial charge in [-0.2, -0.15) is 5.26 Å². The van der Waals surface area contributed by atoms with E-state index < -0.39 is 17.2 Å². The van der Waals surface area contributed by atoms with Gasteiger partial charge in [-0.25, -0.2) is 0 Å². The normalized spacial score (nSPS) is 11.0. The molecule has 0 aromatic heterocycles. The smallest absolute Gasteiger partial charge is 0.270 e. The number of nitrogens with zero attached hydrogens (tertiary/aromatic N) is 1. The van der Waals surface area contributed by atoms with Gasteiger partial charge in [-0.05, 0) is 42.5 Å². The minimum atomic E-state index is -0.732. The molecule has 2 N–H and O–H groups in total. The highest BCUT2D eigenvalue weighted by Gasteiger charge is 2.18. The number of carbonyl (C=O) groups is 1. The summed E-state index contributed by atoms with van der Waals surface area (Å²) in [5.74, 6) is 0.270. The molecule has 0 aliphatic carbocycles. The molecule has 0 saturated heterocycles. The highest BCUT2D eigenvalue weighted by Crippen LogP contribution is 2.30. The first-order valence-corrected chi connectivity index (χ1v) is 7.55. The number of nitrogens with one attached hydrogen (secondary N) is 1. The number of nitriles is 1. The van der Waals surface area contributed by atoms with Crippen molar-refractivity contribution in [2.24, 2.45) is 0 Å². The van der Waals surface area contributed by atoms with Crippen LogP contribution in [0.15, 0.2) is 48.0 Å². The van der Waals surface area contributed by atoms with E-state index >= 15 is 0 Å². The van der Waals surface area contributed by atoms with E-state index in [1.165, 1.54) is 33.5 Å². The van der Waals surface area contributed by atoms with Gasteiger partial charge in [0.05, 0.1) is 21.3 Å². The molecule has 7 heteroatoms. The molecule has 0 unspecified atom stereocenters. The van der Waals surface area contributed by atoms with E-state index in [9.17, 15) is 15.2 Å². The summed E-state index contributed by atoms with van der Waals surface area (Å²) >= 11 is 0. The number of aliphatic hydroxyl groups is 1. The lowest BCUT2D eigenvalue weighted by Gasteiger charge is -2.10. The molecule has 0 fully saturated rings. The van der Waals surface area contributed by atoms with Crippen molar-refractivity contribution < 1.29 is 24.1 Å². The first kappa shape index (κ1) is 18.7. The standard InChI is InChI=1S/C19H18N2O5/c1-24-14-7-5-13(6-8-14)21-19(23)15(11-20)18(22)12-4-9-16(25-2)17(10-12)26-3/h4-10,22H,1-3H3,(H,21,23)/b18-15-. The third-order valence-electron chi connectivity index (χ3n) is 3.58. The first-order valence-electron chi connectivity index (χ1n) is 7.55. The SMILES string of the molecule is COc1ccc(NC(=O)/C(C#N)=C(\O)c2ccc(OC)c(OC)c2)cc1. The fourth-order valence-corrected chi connectivity index (χ4v) is 2.21. The Labute approximate surface area is 151 Å². The Bertz CT molecular complexity index is 866. The maximum absolute atomic E-state index is 12.4. The van der Waals surface area contributed by atoms with E-state index in [0.29, 0.717) is 22.9 Å². The molecule has 0 heterocycles. The second-order valence-corrected chi connectivity index (χ2v) is 5.09. The van der Waals surface area contributed by atoms with Crippen molar-refractivity contribution in [2.75, 3.05) is 26.6 Å². The van der Waals surface area contributed by atoms with Crippen LogP contribution in [0.1, 0.15) is 5.56 Å². The predicted octanol–water partition coefficient (Wildman–Crippen LogP) is 3.14. The van der Waals surface area contributed by atoms with Crippen LogP contribution in [-0.2, 0) is 4.79 Å². The largest absolute Gasteiger partial charge is 0.506 e. The summed E-state index contributed by atoms with van der Waals surface area (Å²) in [5.41, 5.74) is 0.292. The number of carbonyl (C=O) groups excluding carboxylic acids is 1. The minimum Gasteiger partial charge on any atom is -0.506 e. The average molecular weight is 354 g/mol. The molecule has 0 spiro atoms. The third kappa shape index (κ3) is 4.05. The number of rotatable bonds is 6. The quantitative estimate of drug-likeness (QED) is 0.469. The molecule has 26 heavy (non-hydrogen) atoms. The summed E-state index contributed by atoms with van der Waals surface area (Å²) in [6.07, 6.45) is 0. The summed E-state index contributed by atoms with van der Waals surface area (Å²) < 4.78 is 15.3. The van der Waals surface area contributed by atoms with E-state index in [4.69, 9.17) is 14.2 Å². The highest BCUT2D eigenvalue weighted by molar-refractivity contribution is 6.11. The van der Waals surface area contributed by atoms with Crippen LogP contribution < -0.4 is 19.5 Å². The van der Waals surface area contributed by atoms with E-state index in [1.54, 1.807) is 36.4 Å². The van der Waals surface area contributed by atoms with Gasteiger partial charge in [-0.1, -0.05) is 0 Å². The van der Waals surface area contributed by atoms with Gasteiger partial charge in [0, 0.05) is 11.3 Å². The summed E-state index contributed by atoms with van der Waals surface area (Å²) in [4.78, 5) is 12.4. The second kappa shape index (κ2) is 8.44. The van der Waals surface area contributed by atoms with Crippen LogP contribution in [0, 0.1) is 11.3 Å². The summed E-state index contributed by atoms with van der Waals surface area (Å²) in [5, 5.41) is 22.2. The van der Waals surface area contributed by atoms with Crippen molar-refractivity contribution in [3.8, 4) is 23.3 Å². The van der Waals surface area contributed by atoms with E-state index in [0.717, 1.165) is 0 Å². The van der Waals surface area contributed by atoms with E-state index in [2.05, 4.69) is 5.32 Å². The average Bonchev–Trinajstić information content (AvgIpc) is 2.68. The maximum Gasteiger partial charge on any atom is 0.270 e. The van der Waals surface area contributed by atoms with Crippen LogP contribution in [0.2, 0.25) is 0 Å². The molecule has 1 amide bonds. The van der Waals surface area contributed by atoms with Gasteiger partial charge in [0.25, 0.3) is 5.91 Å². The van der Waals surface area contributed by atoms with Gasteiger partial charge in [0.1, 0.15) is 17.6 Å². The monoisotopic (exact) mass is 354 g/mol. The Morgan fingerprint density at radius 3 is 2.19 bits per heavy atom. The van der Waals surface area contributed by atoms with Crippen molar-refractivity contribution >= 4 is 17.4 Å². The molecule has 7 nitrogen and oxygen atoms in total. The number of methoxy groups -OCH3 is 3. The zero-order valence-electron chi connectivity index (χ0n) is 14.6. The Balaban J connectivity index is 2.31. The molecule has 2 rings (SSSR count). The number of hydrogen-bond donors (Lipinski definition) is 2. The van der Waals surface area contributed by atoms with Crippen molar-refractivity contribution in [1.82, 2.24) is 0 Å². The fraction of sp³-hybridized carbons (Fsp3) is 0.158. The highest BCUT2D eigenvalue weighted by atomic mass is 16.5. The van der Waals surface area contributed by atoms with Gasteiger partial charge >= 0.3 is 0 Å². The molecule has 0 aliphatic rings. The summed E-state index contributed by atoms with van der Waals surface area (Å²) in [6.45, 7) is 0. The topological polar surface area (TPSA) is 101 Å². The Morgan fingerprint density at radius 1 is 1.00 bits per heavy atom. The van der Waals surface area contributed by atoms with Crippen LogP contribution in [0.4, 0.5) is 5.69 Å². The van der Waals surface area contributed by atoms with Crippen LogP contribution in [0.5, 0.6) is 17.2 Å². The van der Waals surface area contributed by atoms with Crippen molar-refractivity contribution in [3.63, 3.8) is 0 Å². The number of aliphatic hydroxyl groups excluding tert-OH is 1. The zero-order valence-corrected chi connectivity index (χ0v) is 14.6. The lowest BCUT2D eigenvalue weighted by atomic mass is 10.1. The van der Waals surface area contributed by atoms with Gasteiger partial charge < -0.3 is 24.6 Å². The number of anilines is 1. The Hall–Kier alpha value is -3.66. The lowest BCUT2D eigenvalue weighted by Crippen LogP contribution is -2.15. The third-order valence-corrected chi connectivity index (χ3v) is 3.58. The lowest BCUT2D eigenvalue weighted by molar-refractivity contribution is -0.112. The van der Waals surface area contributed by atoms with Crippen molar-refractivity contribution in [2.45, 2.75) is 0 Å². The molecule has 0 aliphatic heterocycles. The summed E-state index contributed by atoms with van der Waals surface area (Å²) in [7, 11) is 4.46. The molecule has 2 aromatic rings. The van der Waals surface area contributed by atoms with Crippen molar-refractivity contribution in [3.05, 3.63) is 53.6 Å². The predicted molar refractivity (Wildman–Crippen MR) is 96.3 cm³/mol. The Morgan fingerprint density at radius 2 is 1.65 bits per heavy atom. The first-order chi connectivity index (χ1) is 12.5. The molecular weight excluding hydrogens is 336 g/mol. The number of hydrogen-bond acceptors (Lipinski definition) is 6. The van der Waals surface area contributed by atoms with Crippen LogP contribution in [0.3, 0.4) is 0 Å². The number of ether oxygens (including phenoxy) is 3. The molecular formula is C19H18N2O5. The molecule has 0 radical (unpaired) electrons. The number of amides is 1. The second-order valence-electron chi connectivity index (χ2n) is 5.09. The van der Waals surface area contributed by atoms with Crippen LogP contribution in [-0.4, -0.2) is 32.3 Å². The van der Waals surface area contributed by atoms with Crippen LogP contribution >= 0.6 is 0 Å². The molecule has 2 aromatic carbocycles. The van der Waals surface area contributed by atoms with Gasteiger partial charge in [0.15, 0.2) is 17.1 Å². The van der Waals surface area contributed by atoms with E-state index in [1.807, 2.05) is 0 Å². The van der Waals surface area contributed by atoms with Crippen molar-refractivity contribution in [1.29, 1.82) is 5.26 Å². The zero-order chi connectivity index (χ0) is 19.1. The molecule has 0 bridgehead atoms. The maximum atomic E-state index is 12.4. The van der Waals surface area contributed by atoms with Gasteiger partial charge in [-0.15, -0.1) is 0 Å². The van der Waals surface area contributed by atoms with Crippen LogP contribution in [0.25, 0.3) is 5.76 Å². The molecule has 134 valence electrons. The minimum absolute atomic E-state index is 0.254. The van der Waals surface area contributed by atoms with Gasteiger partial charge in [0.2, 0.25) is 0 Å². The summed E-state index contributed by atoms with van der Waals surface area (Å²) in [6, 6.07) is 12.9. The fourth-order valence-electron chi connectivity index (χ4n) is 2.21. The molecule has 0 atom stereocenters. The van der Waals surface area contributed by atoms with Gasteiger partial charge in [-0.3, -0.25) is 4.79 Å². The number of benzene rings is 2.